The van der Waals surface area contributed by atoms with E-state index in [0.717, 1.165) is 5.56 Å². The molecule has 0 atom stereocenters. The zero-order valence-corrected chi connectivity index (χ0v) is 12.1. The number of para-hydroxylation sites is 1. The molecule has 0 heterocycles. The second-order valence-electron chi connectivity index (χ2n) is 4.50. The van der Waals surface area contributed by atoms with Crippen LogP contribution in [0.5, 0.6) is 5.75 Å². The Bertz CT molecular complexity index is 774. The van der Waals surface area contributed by atoms with Crippen LogP contribution in [-0.4, -0.2) is 17.7 Å². The Balaban J connectivity index is 2.49. The Morgan fingerprint density at radius 1 is 1.27 bits per heavy atom. The Kier molecular flexibility index (Phi) is 4.49. The summed E-state index contributed by atoms with van der Waals surface area (Å²) in [6.45, 7) is 1.87. The lowest BCUT2D eigenvalue weighted by atomic mass is 10.1. The van der Waals surface area contributed by atoms with Crippen LogP contribution < -0.4 is 4.74 Å². The number of benzene rings is 2. The summed E-state index contributed by atoms with van der Waals surface area (Å²) in [6.07, 6.45) is 0. The van der Waals surface area contributed by atoms with Crippen molar-refractivity contribution in [3.8, 4) is 11.8 Å². The highest BCUT2D eigenvalue weighted by Crippen LogP contribution is 2.31. The quantitative estimate of drug-likeness (QED) is 0.490. The van der Waals surface area contributed by atoms with Crippen LogP contribution in [0, 0.1) is 28.4 Å². The SMILES string of the molecule is COc1cccc(C)c1N=C(C#N)c1ccc([N+](=O)[O-])cc1. The molecule has 0 aliphatic rings. The van der Waals surface area contributed by atoms with Gasteiger partial charge in [0.2, 0.25) is 0 Å². The molecule has 0 N–H and O–H groups in total. The van der Waals surface area contributed by atoms with E-state index < -0.39 is 4.92 Å². The average molecular weight is 295 g/mol. The minimum atomic E-state index is -0.489. The van der Waals surface area contributed by atoms with Crippen molar-refractivity contribution in [1.29, 1.82) is 5.26 Å². The molecule has 0 amide bonds. The van der Waals surface area contributed by atoms with Crippen molar-refractivity contribution in [3.05, 3.63) is 63.7 Å². The fraction of sp³-hybridized carbons (Fsp3) is 0.125. The smallest absolute Gasteiger partial charge is 0.269 e. The normalized spacial score (nSPS) is 10.9. The second-order valence-corrected chi connectivity index (χ2v) is 4.50. The Labute approximate surface area is 127 Å². The van der Waals surface area contributed by atoms with Crippen molar-refractivity contribution >= 4 is 17.1 Å². The summed E-state index contributed by atoms with van der Waals surface area (Å²) in [6, 6.07) is 13.2. The van der Waals surface area contributed by atoms with E-state index in [1.807, 2.05) is 25.1 Å². The minimum Gasteiger partial charge on any atom is -0.494 e. The third kappa shape index (κ3) is 3.10. The number of nitro groups is 1. The van der Waals surface area contributed by atoms with E-state index in [4.69, 9.17) is 4.74 Å². The number of rotatable bonds is 4. The van der Waals surface area contributed by atoms with Crippen LogP contribution in [0.25, 0.3) is 0 Å². The third-order valence-corrected chi connectivity index (χ3v) is 3.10. The van der Waals surface area contributed by atoms with E-state index in [2.05, 4.69) is 4.99 Å². The maximum atomic E-state index is 10.7. The largest absolute Gasteiger partial charge is 0.494 e. The molecular weight excluding hydrogens is 282 g/mol. The lowest BCUT2D eigenvalue weighted by Crippen LogP contribution is -1.98. The monoisotopic (exact) mass is 295 g/mol. The summed E-state index contributed by atoms with van der Waals surface area (Å²) in [4.78, 5) is 14.5. The van der Waals surface area contributed by atoms with Gasteiger partial charge >= 0.3 is 0 Å². The van der Waals surface area contributed by atoms with E-state index in [0.29, 0.717) is 17.0 Å². The minimum absolute atomic E-state index is 0.0329. The van der Waals surface area contributed by atoms with Gasteiger partial charge in [0, 0.05) is 17.7 Å². The molecule has 0 unspecified atom stereocenters. The summed E-state index contributed by atoms with van der Waals surface area (Å²) in [5, 5.41) is 20.0. The number of nitro benzene ring substituents is 1. The predicted molar refractivity (Wildman–Crippen MR) is 82.6 cm³/mol. The van der Waals surface area contributed by atoms with Gasteiger partial charge in [-0.1, -0.05) is 12.1 Å². The van der Waals surface area contributed by atoms with Gasteiger partial charge in [-0.05, 0) is 30.7 Å². The molecule has 0 aliphatic heterocycles. The molecule has 22 heavy (non-hydrogen) atoms. The highest BCUT2D eigenvalue weighted by Gasteiger charge is 2.10. The number of nitrogens with zero attached hydrogens (tertiary/aromatic N) is 3. The molecular formula is C16H13N3O3. The van der Waals surface area contributed by atoms with Crippen LogP contribution in [0.1, 0.15) is 11.1 Å². The first-order valence-electron chi connectivity index (χ1n) is 6.44. The summed E-state index contributed by atoms with van der Waals surface area (Å²) in [5.41, 5.74) is 2.09. The van der Waals surface area contributed by atoms with E-state index in [-0.39, 0.29) is 11.4 Å². The van der Waals surface area contributed by atoms with Gasteiger partial charge in [-0.15, -0.1) is 0 Å². The Hall–Kier alpha value is -3.20. The fourth-order valence-electron chi connectivity index (χ4n) is 1.95. The summed E-state index contributed by atoms with van der Waals surface area (Å²) >= 11 is 0. The summed E-state index contributed by atoms with van der Waals surface area (Å²) in [5.74, 6) is 0.565. The Morgan fingerprint density at radius 2 is 1.95 bits per heavy atom. The molecule has 6 nitrogen and oxygen atoms in total. The molecule has 0 spiro atoms. The molecule has 0 fully saturated rings. The van der Waals surface area contributed by atoms with Gasteiger partial charge in [-0.3, -0.25) is 10.1 Å². The van der Waals surface area contributed by atoms with E-state index in [1.54, 1.807) is 6.07 Å². The molecule has 0 saturated carbocycles. The first-order valence-corrected chi connectivity index (χ1v) is 6.44. The number of nitriles is 1. The number of hydrogen-bond donors (Lipinski definition) is 0. The first kappa shape index (κ1) is 15.2. The molecule has 0 radical (unpaired) electrons. The number of aliphatic imine (C=N–C) groups is 1. The van der Waals surface area contributed by atoms with Gasteiger partial charge in [0.1, 0.15) is 23.2 Å². The average Bonchev–Trinajstić information content (AvgIpc) is 2.53. The fourth-order valence-corrected chi connectivity index (χ4v) is 1.95. The zero-order chi connectivity index (χ0) is 16.1. The van der Waals surface area contributed by atoms with Crippen molar-refractivity contribution in [2.45, 2.75) is 6.92 Å². The van der Waals surface area contributed by atoms with Gasteiger partial charge in [-0.25, -0.2) is 4.99 Å². The lowest BCUT2D eigenvalue weighted by molar-refractivity contribution is -0.384. The highest BCUT2D eigenvalue weighted by molar-refractivity contribution is 6.13. The maximum Gasteiger partial charge on any atom is 0.269 e. The van der Waals surface area contributed by atoms with Crippen LogP contribution in [0.4, 0.5) is 11.4 Å². The van der Waals surface area contributed by atoms with Gasteiger partial charge in [0.05, 0.1) is 12.0 Å². The molecule has 6 heteroatoms. The van der Waals surface area contributed by atoms with Crippen LogP contribution >= 0.6 is 0 Å². The van der Waals surface area contributed by atoms with E-state index in [1.165, 1.54) is 31.4 Å². The highest BCUT2D eigenvalue weighted by atomic mass is 16.6. The number of non-ortho nitro benzene ring substituents is 1. The number of aryl methyl sites for hydroxylation is 1. The van der Waals surface area contributed by atoms with Crippen molar-refractivity contribution in [3.63, 3.8) is 0 Å². The molecule has 0 aliphatic carbocycles. The van der Waals surface area contributed by atoms with Gasteiger partial charge in [-0.2, -0.15) is 5.26 Å². The lowest BCUT2D eigenvalue weighted by Gasteiger charge is -2.07. The second kappa shape index (κ2) is 6.50. The summed E-state index contributed by atoms with van der Waals surface area (Å²) in [7, 11) is 1.53. The van der Waals surface area contributed by atoms with E-state index >= 15 is 0 Å². The van der Waals surface area contributed by atoms with Crippen molar-refractivity contribution < 1.29 is 9.66 Å². The number of methoxy groups -OCH3 is 1. The molecule has 110 valence electrons. The molecule has 0 bridgehead atoms. The van der Waals surface area contributed by atoms with Crippen molar-refractivity contribution in [2.75, 3.05) is 7.11 Å². The molecule has 0 aromatic heterocycles. The van der Waals surface area contributed by atoms with Crippen LogP contribution in [0.15, 0.2) is 47.5 Å². The number of ether oxygens (including phenoxy) is 1. The predicted octanol–water partition coefficient (Wildman–Crippen LogP) is 3.56. The van der Waals surface area contributed by atoms with Gasteiger partial charge < -0.3 is 4.74 Å². The molecule has 2 rings (SSSR count). The summed E-state index contributed by atoms with van der Waals surface area (Å²) < 4.78 is 5.25. The number of hydrogen-bond acceptors (Lipinski definition) is 5. The molecule has 0 saturated heterocycles. The van der Waals surface area contributed by atoms with Crippen LogP contribution in [0.2, 0.25) is 0 Å². The standard InChI is InChI=1S/C16H13N3O3/c1-11-4-3-5-15(22-2)16(11)18-14(10-17)12-6-8-13(9-7-12)19(20)21/h3-9H,1-2H3. The third-order valence-electron chi connectivity index (χ3n) is 3.10. The van der Waals surface area contributed by atoms with Crippen LogP contribution in [0.3, 0.4) is 0 Å². The van der Waals surface area contributed by atoms with Gasteiger partial charge in [0.25, 0.3) is 5.69 Å². The van der Waals surface area contributed by atoms with Crippen molar-refractivity contribution in [1.82, 2.24) is 0 Å². The Morgan fingerprint density at radius 3 is 2.50 bits per heavy atom. The first-order chi connectivity index (χ1) is 10.6. The molecule has 2 aromatic carbocycles. The zero-order valence-electron chi connectivity index (χ0n) is 12.1. The maximum absolute atomic E-state index is 10.7. The van der Waals surface area contributed by atoms with Crippen molar-refractivity contribution in [2.24, 2.45) is 4.99 Å². The van der Waals surface area contributed by atoms with Crippen LogP contribution in [-0.2, 0) is 0 Å². The topological polar surface area (TPSA) is 88.5 Å². The molecule has 2 aromatic rings. The van der Waals surface area contributed by atoms with Gasteiger partial charge in [0.15, 0.2) is 0 Å². The van der Waals surface area contributed by atoms with E-state index in [9.17, 15) is 15.4 Å².